The smallest absolute Gasteiger partial charge is 0.478 e. The number of imidazole rings is 1. The number of nitrogen functional groups attached to an aromatic ring is 1. The summed E-state index contributed by atoms with van der Waals surface area (Å²) in [5.41, 5.74) is 11.8. The number of phosphoric ester groups is 3. The van der Waals surface area contributed by atoms with E-state index in [9.17, 15) is 43.5 Å². The lowest BCUT2D eigenvalue weighted by Gasteiger charge is -2.27. The standard InChI is InChI=1S/C21H28N7O16P3S/c22-17-12-19(25-7-24-17)28(8-26-12)21-16(43-45(32,33)34)14(30)11(42-21)6-40-47(37,38)44-46(35,36)39-5-10-13(29)15(31)20(41-10)27-3-1-2-9(4-27)18(23)48/h1-4,7-8,10-11,13-16,20-21,29-31H,5-6H2,(H7-,22,23,24,25,32,33,34,35,36,37,38,48)/t10-,11+,13?,14-,15?,16?,20+,21+/m0/s1. The van der Waals surface area contributed by atoms with Crippen LogP contribution in [0.2, 0.25) is 0 Å². The molecule has 5 heterocycles. The molecular weight excluding hydrogens is 731 g/mol. The maximum absolute atomic E-state index is 12.5. The number of aliphatic hydroxyl groups is 2. The molecule has 2 aliphatic rings. The van der Waals surface area contributed by atoms with Crippen LogP contribution >= 0.6 is 35.7 Å². The van der Waals surface area contributed by atoms with E-state index in [4.69, 9.17) is 38.3 Å². The molecule has 2 fully saturated rings. The number of ether oxygens (including phenoxy) is 2. The summed E-state index contributed by atoms with van der Waals surface area (Å²) in [4.78, 5) is 55.1. The number of aromatic nitrogens is 5. The number of hydrogen-bond acceptors (Lipinski definition) is 18. The number of thiocarbonyl (C=S) groups is 1. The van der Waals surface area contributed by atoms with Gasteiger partial charge in [0, 0.05) is 6.07 Å². The van der Waals surface area contributed by atoms with Crippen LogP contribution in [0.3, 0.4) is 0 Å². The average Bonchev–Trinajstić information content (AvgIpc) is 3.64. The Bertz CT molecular complexity index is 1820. The van der Waals surface area contributed by atoms with Crippen molar-refractivity contribution in [3.05, 3.63) is 42.7 Å². The molecule has 0 bridgehead atoms. The number of fused-ring (bicyclic) bond motifs is 1. The molecule has 3 aromatic rings. The monoisotopic (exact) mass is 759 g/mol. The van der Waals surface area contributed by atoms with E-state index in [1.807, 2.05) is 0 Å². The second-order valence-electron chi connectivity index (χ2n) is 10.3. The van der Waals surface area contributed by atoms with Crippen molar-refractivity contribution < 1.29 is 80.5 Å². The second-order valence-corrected chi connectivity index (χ2v) is 14.8. The number of aliphatic hydroxyl groups excluding tert-OH is 2. The summed E-state index contributed by atoms with van der Waals surface area (Å²) in [6, 6.07) is 3.16. The molecule has 11 atom stereocenters. The van der Waals surface area contributed by atoms with Crippen LogP contribution in [-0.4, -0.2) is 99.5 Å². The van der Waals surface area contributed by atoms with Crippen LogP contribution < -0.4 is 25.8 Å². The largest absolute Gasteiger partial charge is 0.756 e. The lowest BCUT2D eigenvalue weighted by Crippen LogP contribution is -2.46. The van der Waals surface area contributed by atoms with E-state index in [-0.39, 0.29) is 22.0 Å². The fourth-order valence-electron chi connectivity index (χ4n) is 4.84. The number of phosphoric acid groups is 3. The number of nitrogens with two attached hydrogens (primary N) is 2. The lowest BCUT2D eigenvalue weighted by atomic mass is 10.1. The van der Waals surface area contributed by atoms with Crippen molar-refractivity contribution in [3.63, 3.8) is 0 Å². The van der Waals surface area contributed by atoms with Gasteiger partial charge in [-0.2, -0.15) is 4.57 Å². The highest BCUT2D eigenvalue weighted by atomic mass is 32.1. The van der Waals surface area contributed by atoms with Crippen molar-refractivity contribution in [2.24, 2.45) is 5.73 Å². The molecule has 0 aliphatic carbocycles. The zero-order chi connectivity index (χ0) is 35.2. The Morgan fingerprint density at radius 1 is 1.10 bits per heavy atom. The van der Waals surface area contributed by atoms with Gasteiger partial charge in [-0.25, -0.2) is 23.8 Å². The second kappa shape index (κ2) is 14.1. The van der Waals surface area contributed by atoms with Gasteiger partial charge in [-0.15, -0.1) is 0 Å². The third-order valence-corrected chi connectivity index (χ3v) is 10.3. The van der Waals surface area contributed by atoms with Crippen molar-refractivity contribution in [1.29, 1.82) is 0 Å². The summed E-state index contributed by atoms with van der Waals surface area (Å²) in [6.07, 6.45) is -7.55. The number of rotatable bonds is 13. The Labute approximate surface area is 274 Å². The molecule has 2 aliphatic heterocycles. The minimum absolute atomic E-state index is 0.0136. The third kappa shape index (κ3) is 8.29. The van der Waals surface area contributed by atoms with Gasteiger partial charge < -0.3 is 64.9 Å². The number of anilines is 1. The average molecular weight is 759 g/mol. The van der Waals surface area contributed by atoms with Gasteiger partial charge in [-0.05, 0) is 6.07 Å². The molecule has 27 heteroatoms. The van der Waals surface area contributed by atoms with Crippen LogP contribution in [0.5, 0.6) is 0 Å². The highest BCUT2D eigenvalue weighted by Crippen LogP contribution is 2.58. The summed E-state index contributed by atoms with van der Waals surface area (Å²) in [5, 5.41) is 29.4. The zero-order valence-corrected chi connectivity index (χ0v) is 27.4. The first-order valence-corrected chi connectivity index (χ1v) is 18.2. The van der Waals surface area contributed by atoms with E-state index in [1.54, 1.807) is 12.1 Å². The number of nitrogens with zero attached hydrogens (tertiary/aromatic N) is 5. The highest BCUT2D eigenvalue weighted by molar-refractivity contribution is 7.80. The summed E-state index contributed by atoms with van der Waals surface area (Å²) < 4.78 is 68.1. The molecule has 23 nitrogen and oxygen atoms in total. The molecule has 0 aromatic carbocycles. The van der Waals surface area contributed by atoms with Gasteiger partial charge in [0.15, 0.2) is 36.2 Å². The quantitative estimate of drug-likeness (QED) is 0.0420. The maximum Gasteiger partial charge on any atom is 0.478 e. The van der Waals surface area contributed by atoms with Gasteiger partial charge in [0.1, 0.15) is 41.2 Å². The van der Waals surface area contributed by atoms with Crippen LogP contribution in [0.1, 0.15) is 18.0 Å². The Hall–Kier alpha value is -2.44. The molecule has 5 rings (SSSR count). The minimum atomic E-state index is -5.68. The summed E-state index contributed by atoms with van der Waals surface area (Å²) in [5.74, 6) is -0.0661. The molecule has 264 valence electrons. The summed E-state index contributed by atoms with van der Waals surface area (Å²) in [6.45, 7) is -2.04. The summed E-state index contributed by atoms with van der Waals surface area (Å²) >= 11 is 4.93. The van der Waals surface area contributed by atoms with Crippen molar-refractivity contribution >= 4 is 57.7 Å². The first-order valence-electron chi connectivity index (χ1n) is 13.3. The predicted molar refractivity (Wildman–Crippen MR) is 155 cm³/mol. The van der Waals surface area contributed by atoms with Crippen molar-refractivity contribution in [2.45, 2.75) is 49.1 Å². The van der Waals surface area contributed by atoms with E-state index in [0.29, 0.717) is 5.56 Å². The fraction of sp³-hybridized carbons (Fsp3) is 0.476. The van der Waals surface area contributed by atoms with E-state index in [2.05, 4.69) is 32.8 Å². The van der Waals surface area contributed by atoms with Gasteiger partial charge in [0.25, 0.3) is 21.7 Å². The SMILES string of the molecule is NC(=S)c1ccc[n+]([C@@H]2O[C@@H](COP(=O)([O-])OP(=O)(O)OC[C@H]3O[C@@H](n4cnc5c(N)ncnc54)C(OP(=O)([O-])O)[C@H]3O)C(O)C2[OH2+])c1. The van der Waals surface area contributed by atoms with Crippen LogP contribution in [-0.2, 0) is 41.1 Å². The maximum atomic E-state index is 12.5. The summed E-state index contributed by atoms with van der Waals surface area (Å²) in [7, 11) is -16.8. The zero-order valence-electron chi connectivity index (χ0n) is 23.9. The van der Waals surface area contributed by atoms with Gasteiger partial charge in [-0.1, -0.05) is 12.2 Å². The Morgan fingerprint density at radius 2 is 1.79 bits per heavy atom. The number of pyridine rings is 1. The van der Waals surface area contributed by atoms with Crippen molar-refractivity contribution in [1.82, 2.24) is 19.5 Å². The van der Waals surface area contributed by atoms with E-state index in [1.165, 1.54) is 17.0 Å². The van der Waals surface area contributed by atoms with E-state index < -0.39 is 85.8 Å². The Balaban J connectivity index is 1.21. The first kappa shape index (κ1) is 36.8. The number of hydrogen-bond donors (Lipinski definition) is 6. The molecule has 3 aromatic heterocycles. The van der Waals surface area contributed by atoms with Crippen LogP contribution in [0.4, 0.5) is 5.82 Å². The van der Waals surface area contributed by atoms with Gasteiger partial charge in [-0.3, -0.25) is 18.2 Å². The van der Waals surface area contributed by atoms with Crippen LogP contribution in [0.25, 0.3) is 11.2 Å². The molecule has 0 saturated carbocycles. The van der Waals surface area contributed by atoms with Crippen LogP contribution in [0.15, 0.2) is 37.2 Å². The lowest BCUT2D eigenvalue weighted by molar-refractivity contribution is -0.765. The topological polar surface area (TPSA) is 356 Å². The van der Waals surface area contributed by atoms with Gasteiger partial charge in [0.2, 0.25) is 0 Å². The molecule has 0 radical (unpaired) electrons. The molecule has 0 spiro atoms. The van der Waals surface area contributed by atoms with Crippen molar-refractivity contribution in [3.8, 4) is 0 Å². The molecule has 6 unspecified atom stereocenters. The minimum Gasteiger partial charge on any atom is -0.756 e. The molecular formula is C21H28N7O16P3S. The Morgan fingerprint density at radius 3 is 2.48 bits per heavy atom. The van der Waals surface area contributed by atoms with E-state index in [0.717, 1.165) is 17.2 Å². The predicted octanol–water partition coefficient (Wildman–Crippen LogP) is -3.90. The van der Waals surface area contributed by atoms with Crippen LogP contribution in [0, 0.1) is 0 Å². The molecule has 0 amide bonds. The molecule has 2 saturated heterocycles. The molecule has 10 N–H and O–H groups in total. The fourth-order valence-corrected chi connectivity index (χ4v) is 7.55. The first-order chi connectivity index (χ1) is 22.4. The highest BCUT2D eigenvalue weighted by Gasteiger charge is 2.53. The van der Waals surface area contributed by atoms with Gasteiger partial charge >= 0.3 is 14.1 Å². The Kier molecular flexibility index (Phi) is 10.8. The van der Waals surface area contributed by atoms with E-state index >= 15 is 0 Å². The normalized spacial score (nSPS) is 31.3. The molecule has 48 heavy (non-hydrogen) atoms. The van der Waals surface area contributed by atoms with Gasteiger partial charge in [0.05, 0.1) is 25.1 Å². The third-order valence-electron chi connectivity index (χ3n) is 7.00. The van der Waals surface area contributed by atoms with Crippen molar-refractivity contribution in [2.75, 3.05) is 18.9 Å².